The lowest BCUT2D eigenvalue weighted by atomic mass is 9.96. The summed E-state index contributed by atoms with van der Waals surface area (Å²) in [7, 11) is 4.10. The van der Waals surface area contributed by atoms with Crippen molar-refractivity contribution < 1.29 is 4.39 Å². The molecular formula is C18H17ClFNS. The highest BCUT2D eigenvalue weighted by Gasteiger charge is 2.21. The van der Waals surface area contributed by atoms with Crippen LogP contribution in [0.2, 0.25) is 5.02 Å². The molecule has 114 valence electrons. The first kappa shape index (κ1) is 15.6. The molecule has 0 aliphatic carbocycles. The average molecular weight is 334 g/mol. The highest BCUT2D eigenvalue weighted by Crippen LogP contribution is 2.46. The summed E-state index contributed by atoms with van der Waals surface area (Å²) in [6, 6.07) is 10.9. The van der Waals surface area contributed by atoms with E-state index in [9.17, 15) is 4.39 Å². The van der Waals surface area contributed by atoms with Crippen LogP contribution in [-0.4, -0.2) is 25.5 Å². The molecule has 0 N–H and O–H groups in total. The Labute approximate surface area is 139 Å². The van der Waals surface area contributed by atoms with E-state index in [4.69, 9.17) is 11.6 Å². The van der Waals surface area contributed by atoms with E-state index in [-0.39, 0.29) is 5.82 Å². The molecule has 0 amide bonds. The third-order valence-corrected chi connectivity index (χ3v) is 5.00. The lowest BCUT2D eigenvalue weighted by Gasteiger charge is -2.22. The van der Waals surface area contributed by atoms with Gasteiger partial charge in [-0.1, -0.05) is 29.4 Å². The minimum Gasteiger partial charge on any atom is -0.309 e. The second kappa shape index (κ2) is 6.45. The predicted octanol–water partition coefficient (Wildman–Crippen LogP) is 5.33. The number of hydrogen-bond donors (Lipinski definition) is 0. The molecule has 0 atom stereocenters. The van der Waals surface area contributed by atoms with Crippen LogP contribution in [0.4, 0.5) is 4.39 Å². The van der Waals surface area contributed by atoms with Gasteiger partial charge < -0.3 is 4.90 Å². The topological polar surface area (TPSA) is 3.24 Å². The van der Waals surface area contributed by atoms with E-state index in [2.05, 4.69) is 11.0 Å². The molecule has 0 saturated heterocycles. The molecule has 0 aromatic heterocycles. The van der Waals surface area contributed by atoms with Crippen molar-refractivity contribution in [2.45, 2.75) is 16.2 Å². The van der Waals surface area contributed by atoms with Crippen LogP contribution in [0.25, 0.3) is 5.57 Å². The highest BCUT2D eigenvalue weighted by molar-refractivity contribution is 7.99. The van der Waals surface area contributed by atoms with Crippen LogP contribution in [0.15, 0.2) is 52.3 Å². The van der Waals surface area contributed by atoms with Crippen LogP contribution >= 0.6 is 23.4 Å². The van der Waals surface area contributed by atoms with Gasteiger partial charge in [0.15, 0.2) is 0 Å². The van der Waals surface area contributed by atoms with Gasteiger partial charge >= 0.3 is 0 Å². The number of nitrogens with zero attached hydrogens (tertiary/aromatic N) is 1. The standard InChI is InChI=1S/C18H17ClFNS/c1-21(2)9-3-4-14-15-10-12(19)5-7-17(15)22-18-8-6-13(20)11-16(14)18/h4-8,10-11H,3,9H2,1-2H3/b14-4-. The van der Waals surface area contributed by atoms with Crippen LogP contribution in [0.3, 0.4) is 0 Å². The molecule has 1 aliphatic rings. The van der Waals surface area contributed by atoms with E-state index in [0.29, 0.717) is 5.02 Å². The second-order valence-electron chi connectivity index (χ2n) is 5.59. The SMILES string of the molecule is CN(C)CC/C=C1\c2cc(F)ccc2Sc2ccc(Cl)cc21. The van der Waals surface area contributed by atoms with E-state index in [1.54, 1.807) is 17.8 Å². The van der Waals surface area contributed by atoms with Crippen molar-refractivity contribution >= 4 is 28.9 Å². The Kier molecular flexibility index (Phi) is 4.57. The molecule has 1 heterocycles. The first-order valence-electron chi connectivity index (χ1n) is 7.17. The zero-order valence-corrected chi connectivity index (χ0v) is 14.1. The number of fused-ring (bicyclic) bond motifs is 2. The largest absolute Gasteiger partial charge is 0.309 e. The maximum Gasteiger partial charge on any atom is 0.123 e. The van der Waals surface area contributed by atoms with Gasteiger partial charge in [-0.15, -0.1) is 0 Å². The van der Waals surface area contributed by atoms with Crippen molar-refractivity contribution in [1.82, 2.24) is 4.90 Å². The van der Waals surface area contributed by atoms with Crippen molar-refractivity contribution in [1.29, 1.82) is 0 Å². The number of hydrogen-bond acceptors (Lipinski definition) is 2. The molecule has 2 aromatic rings. The smallest absolute Gasteiger partial charge is 0.123 e. The van der Waals surface area contributed by atoms with Gasteiger partial charge in [0, 0.05) is 21.4 Å². The van der Waals surface area contributed by atoms with Crippen molar-refractivity contribution in [3.05, 3.63) is 64.4 Å². The Morgan fingerprint density at radius 2 is 1.77 bits per heavy atom. The van der Waals surface area contributed by atoms with Crippen LogP contribution in [0.5, 0.6) is 0 Å². The van der Waals surface area contributed by atoms with Gasteiger partial charge in [0.25, 0.3) is 0 Å². The van der Waals surface area contributed by atoms with Gasteiger partial charge in [-0.2, -0.15) is 0 Å². The zero-order valence-electron chi connectivity index (χ0n) is 12.6. The van der Waals surface area contributed by atoms with Crippen molar-refractivity contribution in [3.63, 3.8) is 0 Å². The van der Waals surface area contributed by atoms with E-state index < -0.39 is 0 Å². The minimum atomic E-state index is -0.205. The first-order chi connectivity index (χ1) is 10.5. The molecule has 0 spiro atoms. The summed E-state index contributed by atoms with van der Waals surface area (Å²) in [6.07, 6.45) is 3.10. The lowest BCUT2D eigenvalue weighted by molar-refractivity contribution is 0.417. The average Bonchev–Trinajstić information content (AvgIpc) is 2.47. The molecule has 1 aliphatic heterocycles. The summed E-state index contributed by atoms with van der Waals surface area (Å²) < 4.78 is 13.7. The summed E-state index contributed by atoms with van der Waals surface area (Å²) in [5.74, 6) is -0.205. The lowest BCUT2D eigenvalue weighted by Crippen LogP contribution is -2.12. The molecule has 0 fully saturated rings. The van der Waals surface area contributed by atoms with E-state index in [0.717, 1.165) is 34.6 Å². The fourth-order valence-electron chi connectivity index (χ4n) is 2.55. The van der Waals surface area contributed by atoms with Crippen LogP contribution < -0.4 is 0 Å². The molecule has 0 bridgehead atoms. The Balaban J connectivity index is 2.09. The Bertz CT molecular complexity index is 686. The van der Waals surface area contributed by atoms with Crippen molar-refractivity contribution in [3.8, 4) is 0 Å². The second-order valence-corrected chi connectivity index (χ2v) is 7.11. The van der Waals surface area contributed by atoms with Crippen LogP contribution in [-0.2, 0) is 0 Å². The fourth-order valence-corrected chi connectivity index (χ4v) is 3.79. The van der Waals surface area contributed by atoms with Gasteiger partial charge in [-0.3, -0.25) is 0 Å². The third-order valence-electron chi connectivity index (χ3n) is 3.61. The quantitative estimate of drug-likeness (QED) is 0.637. The summed E-state index contributed by atoms with van der Waals surface area (Å²) in [6.45, 7) is 0.956. The van der Waals surface area contributed by atoms with Gasteiger partial charge in [0.1, 0.15) is 5.82 Å². The van der Waals surface area contributed by atoms with E-state index >= 15 is 0 Å². The highest BCUT2D eigenvalue weighted by atomic mass is 35.5. The van der Waals surface area contributed by atoms with E-state index in [1.165, 1.54) is 11.0 Å². The molecule has 2 aromatic carbocycles. The first-order valence-corrected chi connectivity index (χ1v) is 8.36. The normalized spacial score (nSPS) is 15.0. The monoisotopic (exact) mass is 333 g/mol. The Morgan fingerprint density at radius 1 is 1.09 bits per heavy atom. The molecule has 22 heavy (non-hydrogen) atoms. The Morgan fingerprint density at radius 3 is 2.50 bits per heavy atom. The summed E-state index contributed by atoms with van der Waals surface area (Å²) in [5.41, 5.74) is 3.13. The van der Waals surface area contributed by atoms with Crippen molar-refractivity contribution in [2.75, 3.05) is 20.6 Å². The summed E-state index contributed by atoms with van der Waals surface area (Å²) in [4.78, 5) is 4.40. The maximum absolute atomic E-state index is 13.7. The zero-order chi connectivity index (χ0) is 15.7. The molecule has 0 saturated carbocycles. The summed E-state index contributed by atoms with van der Waals surface area (Å²) >= 11 is 7.83. The molecule has 3 rings (SSSR count). The molecule has 1 nitrogen and oxygen atoms in total. The molecule has 0 unspecified atom stereocenters. The van der Waals surface area contributed by atoms with E-state index in [1.807, 2.05) is 38.4 Å². The fraction of sp³-hybridized carbons (Fsp3) is 0.222. The maximum atomic E-state index is 13.7. The molecule has 0 radical (unpaired) electrons. The number of rotatable bonds is 3. The Hall–Kier alpha value is -1.29. The third kappa shape index (κ3) is 3.22. The minimum absolute atomic E-state index is 0.205. The number of benzene rings is 2. The van der Waals surface area contributed by atoms with Gasteiger partial charge in [-0.05, 0) is 73.6 Å². The van der Waals surface area contributed by atoms with Crippen LogP contribution in [0.1, 0.15) is 17.5 Å². The predicted molar refractivity (Wildman–Crippen MR) is 92.2 cm³/mol. The van der Waals surface area contributed by atoms with Crippen LogP contribution in [0, 0.1) is 5.82 Å². The van der Waals surface area contributed by atoms with Gasteiger partial charge in [0.2, 0.25) is 0 Å². The molecule has 4 heteroatoms. The summed E-state index contributed by atoms with van der Waals surface area (Å²) in [5, 5.41) is 0.706. The molecular weight excluding hydrogens is 317 g/mol. The van der Waals surface area contributed by atoms with Crippen molar-refractivity contribution in [2.24, 2.45) is 0 Å². The van der Waals surface area contributed by atoms with Gasteiger partial charge in [-0.25, -0.2) is 4.39 Å². The van der Waals surface area contributed by atoms with Gasteiger partial charge in [0.05, 0.1) is 0 Å². The number of halogens is 2.